The van der Waals surface area contributed by atoms with Crippen molar-refractivity contribution in [2.45, 2.75) is 70.3 Å². The number of rotatable bonds is 1. The number of fused-ring (bicyclic) bond motifs is 6. The van der Waals surface area contributed by atoms with Gasteiger partial charge in [-0.05, 0) is 87.2 Å². The van der Waals surface area contributed by atoms with Gasteiger partial charge in [0.2, 0.25) is 0 Å². The van der Waals surface area contributed by atoms with E-state index >= 15 is 0 Å². The molecule has 1 aliphatic heterocycles. The van der Waals surface area contributed by atoms with Crippen LogP contribution in [-0.4, -0.2) is 17.4 Å². The summed E-state index contributed by atoms with van der Waals surface area (Å²) in [6.45, 7) is 2.30. The molecule has 3 heteroatoms. The molecule has 0 bridgehead atoms. The first kappa shape index (κ1) is 15.8. The Morgan fingerprint density at radius 3 is 2.72 bits per heavy atom. The van der Waals surface area contributed by atoms with E-state index in [1.807, 2.05) is 6.08 Å². The van der Waals surface area contributed by atoms with Gasteiger partial charge >= 0.3 is 5.97 Å². The number of allylic oxidation sites excluding steroid dienone is 1. The summed E-state index contributed by atoms with van der Waals surface area (Å²) in [5, 5.41) is 0. The molecular weight excluding hydrogens is 312 g/mol. The molecule has 25 heavy (non-hydrogen) atoms. The van der Waals surface area contributed by atoms with E-state index in [0.717, 1.165) is 43.9 Å². The first-order chi connectivity index (χ1) is 12.1. The summed E-state index contributed by atoms with van der Waals surface area (Å²) in [6, 6.07) is 0. The number of ketones is 1. The van der Waals surface area contributed by atoms with E-state index in [4.69, 9.17) is 4.74 Å². The lowest BCUT2D eigenvalue weighted by Crippen LogP contribution is -2.53. The number of hydrogen-bond acceptors (Lipinski definition) is 3. The van der Waals surface area contributed by atoms with E-state index < -0.39 is 0 Å². The van der Waals surface area contributed by atoms with Crippen LogP contribution in [0.4, 0.5) is 0 Å². The Kier molecular flexibility index (Phi) is 3.37. The van der Waals surface area contributed by atoms with E-state index in [1.54, 1.807) is 6.08 Å². The molecule has 4 aliphatic carbocycles. The summed E-state index contributed by atoms with van der Waals surface area (Å²) in [6.07, 6.45) is 15.6. The first-order valence-electron chi connectivity index (χ1n) is 10.2. The lowest BCUT2D eigenvalue weighted by atomic mass is 9.49. The molecule has 0 N–H and O–H groups in total. The zero-order valence-electron chi connectivity index (χ0n) is 15.1. The van der Waals surface area contributed by atoms with Gasteiger partial charge in [-0.3, -0.25) is 4.79 Å². The van der Waals surface area contributed by atoms with E-state index in [-0.39, 0.29) is 17.0 Å². The fourth-order valence-electron chi connectivity index (χ4n) is 7.62. The van der Waals surface area contributed by atoms with Crippen LogP contribution >= 0.6 is 0 Å². The monoisotopic (exact) mass is 340 g/mol. The molecule has 0 radical (unpaired) electrons. The van der Waals surface area contributed by atoms with Crippen LogP contribution in [0, 0.1) is 29.1 Å². The van der Waals surface area contributed by atoms with E-state index in [0.29, 0.717) is 17.6 Å². The summed E-state index contributed by atoms with van der Waals surface area (Å²) in [5.41, 5.74) is 1.26. The normalized spacial score (nSPS) is 48.0. The fraction of sp³-hybridized carbons (Fsp3) is 0.727. The second-order valence-corrected chi connectivity index (χ2v) is 9.03. The van der Waals surface area contributed by atoms with Gasteiger partial charge in [-0.25, -0.2) is 4.79 Å². The summed E-state index contributed by atoms with van der Waals surface area (Å²) >= 11 is 0. The average Bonchev–Trinajstić information content (AvgIpc) is 3.16. The number of carbonyl (C=O) groups is 2. The number of esters is 1. The Labute approximate surface area is 149 Å². The quantitative estimate of drug-likeness (QED) is 0.666. The van der Waals surface area contributed by atoms with Crippen molar-refractivity contribution in [2.24, 2.45) is 29.1 Å². The Morgan fingerprint density at radius 1 is 1.08 bits per heavy atom. The number of hydrogen-bond donors (Lipinski definition) is 0. The summed E-state index contributed by atoms with van der Waals surface area (Å²) in [5.74, 6) is 3.00. The molecule has 6 atom stereocenters. The van der Waals surface area contributed by atoms with Crippen LogP contribution < -0.4 is 0 Å². The molecule has 134 valence electrons. The Balaban J connectivity index is 1.49. The van der Waals surface area contributed by atoms with Crippen LogP contribution in [0.5, 0.6) is 0 Å². The van der Waals surface area contributed by atoms with Crippen molar-refractivity contribution >= 4 is 11.8 Å². The third-order valence-electron chi connectivity index (χ3n) is 8.58. The standard InChI is InChI=1S/C22H28O3/c1-2-21-10-7-17-16-6-4-15(23)13-14(16)3-5-18(17)19(21)8-11-22(21)12-9-20(24)25-22/h9,12-13,16-19H,2-8,10-11H2,1H3/t16-,17+,18+,19-,21-,22+/m0/s1. The minimum atomic E-state index is -0.326. The van der Waals surface area contributed by atoms with E-state index in [1.165, 1.54) is 31.3 Å². The fourth-order valence-corrected chi connectivity index (χ4v) is 7.62. The molecule has 3 nitrogen and oxygen atoms in total. The Bertz CT molecular complexity index is 689. The van der Waals surface area contributed by atoms with Crippen molar-refractivity contribution < 1.29 is 14.3 Å². The van der Waals surface area contributed by atoms with Gasteiger partial charge in [0.05, 0.1) is 0 Å². The van der Waals surface area contributed by atoms with Crippen molar-refractivity contribution in [3.63, 3.8) is 0 Å². The molecule has 5 aliphatic rings. The largest absolute Gasteiger partial charge is 0.451 e. The average molecular weight is 340 g/mol. The highest BCUT2D eigenvalue weighted by Crippen LogP contribution is 2.68. The molecule has 0 unspecified atom stereocenters. The molecule has 1 heterocycles. The Morgan fingerprint density at radius 2 is 1.96 bits per heavy atom. The summed E-state index contributed by atoms with van der Waals surface area (Å²) in [4.78, 5) is 23.7. The number of carbonyl (C=O) groups excluding carboxylic acids is 2. The van der Waals surface area contributed by atoms with Crippen molar-refractivity contribution in [3.8, 4) is 0 Å². The smallest absolute Gasteiger partial charge is 0.331 e. The van der Waals surface area contributed by atoms with Crippen molar-refractivity contribution in [3.05, 3.63) is 23.8 Å². The van der Waals surface area contributed by atoms with Crippen LogP contribution in [0.2, 0.25) is 0 Å². The van der Waals surface area contributed by atoms with Gasteiger partial charge in [0.25, 0.3) is 0 Å². The topological polar surface area (TPSA) is 43.4 Å². The molecule has 0 saturated heterocycles. The molecular formula is C22H28O3. The molecule has 3 saturated carbocycles. The molecule has 3 fully saturated rings. The van der Waals surface area contributed by atoms with E-state index in [2.05, 4.69) is 13.0 Å². The van der Waals surface area contributed by atoms with Gasteiger partial charge in [-0.2, -0.15) is 0 Å². The lowest BCUT2D eigenvalue weighted by Gasteiger charge is -2.56. The second kappa shape index (κ2) is 5.31. The van der Waals surface area contributed by atoms with Crippen molar-refractivity contribution in [2.75, 3.05) is 0 Å². The predicted molar refractivity (Wildman–Crippen MR) is 94.7 cm³/mol. The maximum atomic E-state index is 11.9. The highest BCUT2D eigenvalue weighted by atomic mass is 16.6. The zero-order chi connectivity index (χ0) is 17.2. The van der Waals surface area contributed by atoms with Crippen LogP contribution in [0.25, 0.3) is 0 Å². The second-order valence-electron chi connectivity index (χ2n) is 9.03. The summed E-state index contributed by atoms with van der Waals surface area (Å²) < 4.78 is 5.97. The van der Waals surface area contributed by atoms with Crippen LogP contribution in [-0.2, 0) is 14.3 Å². The summed E-state index contributed by atoms with van der Waals surface area (Å²) in [7, 11) is 0. The molecule has 0 aromatic heterocycles. The highest BCUT2D eigenvalue weighted by Gasteiger charge is 2.66. The third-order valence-corrected chi connectivity index (χ3v) is 8.58. The highest BCUT2D eigenvalue weighted by molar-refractivity contribution is 5.91. The first-order valence-corrected chi connectivity index (χ1v) is 10.2. The lowest BCUT2D eigenvalue weighted by molar-refractivity contribution is -0.164. The van der Waals surface area contributed by atoms with Gasteiger partial charge < -0.3 is 4.74 Å². The molecule has 0 aromatic rings. The van der Waals surface area contributed by atoms with Crippen molar-refractivity contribution in [1.82, 2.24) is 0 Å². The van der Waals surface area contributed by atoms with E-state index in [9.17, 15) is 9.59 Å². The minimum Gasteiger partial charge on any atom is -0.451 e. The molecule has 0 amide bonds. The predicted octanol–water partition coefficient (Wildman–Crippen LogP) is 4.37. The maximum Gasteiger partial charge on any atom is 0.331 e. The Hall–Kier alpha value is -1.38. The van der Waals surface area contributed by atoms with Crippen LogP contribution in [0.15, 0.2) is 23.8 Å². The SMILES string of the molecule is CC[C@]12CC[C@H]3[C@@H](CCC4=CC(=O)CC[C@@H]43)[C@@H]1CC[C@@]21C=CC(=O)O1. The van der Waals surface area contributed by atoms with Gasteiger partial charge in [0.15, 0.2) is 5.78 Å². The molecule has 0 aromatic carbocycles. The van der Waals surface area contributed by atoms with Crippen LogP contribution in [0.3, 0.4) is 0 Å². The number of ether oxygens (including phenoxy) is 1. The minimum absolute atomic E-state index is 0.141. The molecule has 1 spiro atoms. The zero-order valence-corrected chi connectivity index (χ0v) is 15.1. The van der Waals surface area contributed by atoms with Crippen molar-refractivity contribution in [1.29, 1.82) is 0 Å². The maximum absolute atomic E-state index is 11.9. The molecule has 5 rings (SSSR count). The van der Waals surface area contributed by atoms with Gasteiger partial charge in [-0.15, -0.1) is 0 Å². The third kappa shape index (κ3) is 1.98. The van der Waals surface area contributed by atoms with Crippen LogP contribution in [0.1, 0.15) is 64.7 Å². The van der Waals surface area contributed by atoms with Gasteiger partial charge in [0.1, 0.15) is 5.60 Å². The van der Waals surface area contributed by atoms with Gasteiger partial charge in [0, 0.05) is 17.9 Å². The van der Waals surface area contributed by atoms with Gasteiger partial charge in [-0.1, -0.05) is 12.5 Å².